The summed E-state index contributed by atoms with van der Waals surface area (Å²) in [7, 11) is 0. The Morgan fingerprint density at radius 2 is 2.28 bits per heavy atom. The lowest BCUT2D eigenvalue weighted by Crippen LogP contribution is -2.28. The van der Waals surface area contributed by atoms with Crippen molar-refractivity contribution in [3.8, 4) is 0 Å². The molecule has 2 nitrogen and oxygen atoms in total. The van der Waals surface area contributed by atoms with E-state index in [1.807, 2.05) is 6.07 Å². The maximum absolute atomic E-state index is 6.07. The largest absolute Gasteiger partial charge is 0.316 e. The fourth-order valence-electron chi connectivity index (χ4n) is 3.37. The second-order valence-electron chi connectivity index (χ2n) is 5.97. The first-order chi connectivity index (χ1) is 8.67. The van der Waals surface area contributed by atoms with Crippen molar-refractivity contribution >= 4 is 11.6 Å². The minimum absolute atomic E-state index is 0.571. The molecule has 0 aliphatic carbocycles. The molecule has 0 radical (unpaired) electrons. The van der Waals surface area contributed by atoms with E-state index in [-0.39, 0.29) is 0 Å². The lowest BCUT2D eigenvalue weighted by atomic mass is 9.86. The molecule has 0 aromatic heterocycles. The second-order valence-corrected chi connectivity index (χ2v) is 6.38. The van der Waals surface area contributed by atoms with Crippen LogP contribution in [-0.4, -0.2) is 31.1 Å². The normalized spacial score (nSPS) is 28.3. The van der Waals surface area contributed by atoms with Gasteiger partial charge in [0.1, 0.15) is 0 Å². The second kappa shape index (κ2) is 4.84. The minimum atomic E-state index is 0.571. The van der Waals surface area contributed by atoms with Crippen LogP contribution < -0.4 is 5.32 Å². The van der Waals surface area contributed by atoms with Crippen molar-refractivity contribution in [2.24, 2.45) is 5.41 Å². The number of rotatable bonds is 2. The Hall–Kier alpha value is -0.570. The number of nitrogens with zero attached hydrogens (tertiary/aromatic N) is 1. The van der Waals surface area contributed by atoms with E-state index in [0.717, 1.165) is 11.6 Å². The predicted octanol–water partition coefficient (Wildman–Crippen LogP) is 2.83. The molecule has 2 aliphatic heterocycles. The molecule has 1 aromatic carbocycles. The SMILES string of the molecule is Cc1cc(CN2CCC3(CCNC3)C2)ccc1Cl. The Labute approximate surface area is 114 Å². The topological polar surface area (TPSA) is 15.3 Å². The van der Waals surface area contributed by atoms with Crippen LogP contribution in [0.15, 0.2) is 18.2 Å². The maximum atomic E-state index is 6.07. The third kappa shape index (κ3) is 2.42. The summed E-state index contributed by atoms with van der Waals surface area (Å²) in [6, 6.07) is 6.41. The van der Waals surface area contributed by atoms with Gasteiger partial charge in [-0.3, -0.25) is 4.90 Å². The van der Waals surface area contributed by atoms with Crippen molar-refractivity contribution in [1.82, 2.24) is 10.2 Å². The van der Waals surface area contributed by atoms with Gasteiger partial charge in [0, 0.05) is 24.7 Å². The lowest BCUT2D eigenvalue weighted by molar-refractivity contribution is 0.268. The van der Waals surface area contributed by atoms with Gasteiger partial charge in [0.05, 0.1) is 0 Å². The zero-order chi connectivity index (χ0) is 12.6. The third-order valence-corrected chi connectivity index (χ3v) is 4.90. The van der Waals surface area contributed by atoms with Crippen molar-refractivity contribution in [3.05, 3.63) is 34.3 Å². The molecule has 2 aliphatic rings. The Bertz CT molecular complexity index is 438. The molecule has 3 rings (SSSR count). The van der Waals surface area contributed by atoms with Crippen molar-refractivity contribution in [3.63, 3.8) is 0 Å². The van der Waals surface area contributed by atoms with E-state index in [1.54, 1.807) is 0 Å². The molecule has 3 heteroatoms. The van der Waals surface area contributed by atoms with Crippen molar-refractivity contribution < 1.29 is 0 Å². The van der Waals surface area contributed by atoms with E-state index in [4.69, 9.17) is 11.6 Å². The molecule has 2 heterocycles. The number of nitrogens with one attached hydrogen (secondary N) is 1. The molecule has 98 valence electrons. The van der Waals surface area contributed by atoms with E-state index in [0.29, 0.717) is 5.41 Å². The van der Waals surface area contributed by atoms with E-state index < -0.39 is 0 Å². The summed E-state index contributed by atoms with van der Waals surface area (Å²) in [6.45, 7) is 8.06. The zero-order valence-electron chi connectivity index (χ0n) is 11.0. The number of hydrogen-bond donors (Lipinski definition) is 1. The third-order valence-electron chi connectivity index (χ3n) is 4.48. The van der Waals surface area contributed by atoms with E-state index in [2.05, 4.69) is 29.3 Å². The molecule has 1 spiro atoms. The molecule has 0 saturated carbocycles. The average molecular weight is 265 g/mol. The average Bonchev–Trinajstić information content (AvgIpc) is 2.96. The van der Waals surface area contributed by atoms with Crippen LogP contribution in [0.25, 0.3) is 0 Å². The van der Waals surface area contributed by atoms with Gasteiger partial charge in [-0.1, -0.05) is 23.7 Å². The van der Waals surface area contributed by atoms with Gasteiger partial charge in [-0.15, -0.1) is 0 Å². The highest BCUT2D eigenvalue weighted by atomic mass is 35.5. The highest BCUT2D eigenvalue weighted by Gasteiger charge is 2.39. The Balaban J connectivity index is 1.65. The Morgan fingerprint density at radius 1 is 1.39 bits per heavy atom. The number of halogens is 1. The molecule has 2 saturated heterocycles. The summed E-state index contributed by atoms with van der Waals surface area (Å²) in [4.78, 5) is 2.59. The molecule has 18 heavy (non-hydrogen) atoms. The van der Waals surface area contributed by atoms with Gasteiger partial charge in [0.25, 0.3) is 0 Å². The van der Waals surface area contributed by atoms with Crippen molar-refractivity contribution in [1.29, 1.82) is 0 Å². The van der Waals surface area contributed by atoms with Gasteiger partial charge < -0.3 is 5.32 Å². The first kappa shape index (κ1) is 12.5. The van der Waals surface area contributed by atoms with Gasteiger partial charge in [0.15, 0.2) is 0 Å². The molecular formula is C15H21ClN2. The molecule has 0 amide bonds. The number of hydrogen-bond acceptors (Lipinski definition) is 2. The first-order valence-corrected chi connectivity index (χ1v) is 7.23. The first-order valence-electron chi connectivity index (χ1n) is 6.85. The fourth-order valence-corrected chi connectivity index (χ4v) is 3.49. The number of aryl methyl sites for hydroxylation is 1. The smallest absolute Gasteiger partial charge is 0.0435 e. The van der Waals surface area contributed by atoms with E-state index >= 15 is 0 Å². The van der Waals surface area contributed by atoms with Crippen LogP contribution in [0, 0.1) is 12.3 Å². The van der Waals surface area contributed by atoms with Crippen molar-refractivity contribution in [2.45, 2.75) is 26.3 Å². The lowest BCUT2D eigenvalue weighted by Gasteiger charge is -2.23. The molecule has 0 bridgehead atoms. The monoisotopic (exact) mass is 264 g/mol. The Morgan fingerprint density at radius 3 is 3.00 bits per heavy atom. The number of likely N-dealkylation sites (tertiary alicyclic amines) is 1. The van der Waals surface area contributed by atoms with Crippen LogP contribution in [0.1, 0.15) is 24.0 Å². The highest BCUT2D eigenvalue weighted by molar-refractivity contribution is 6.31. The highest BCUT2D eigenvalue weighted by Crippen LogP contribution is 2.36. The molecule has 1 atom stereocenters. The van der Waals surface area contributed by atoms with Crippen LogP contribution in [-0.2, 0) is 6.54 Å². The molecule has 1 N–H and O–H groups in total. The molecule has 1 unspecified atom stereocenters. The quantitative estimate of drug-likeness (QED) is 0.884. The van der Waals surface area contributed by atoms with Gasteiger partial charge in [-0.2, -0.15) is 0 Å². The summed E-state index contributed by atoms with van der Waals surface area (Å²) in [5, 5.41) is 4.38. The van der Waals surface area contributed by atoms with Gasteiger partial charge in [-0.05, 0) is 55.5 Å². The fraction of sp³-hybridized carbons (Fsp3) is 0.600. The van der Waals surface area contributed by atoms with Gasteiger partial charge in [0.2, 0.25) is 0 Å². The van der Waals surface area contributed by atoms with Gasteiger partial charge in [-0.25, -0.2) is 0 Å². The van der Waals surface area contributed by atoms with Crippen molar-refractivity contribution in [2.75, 3.05) is 26.2 Å². The maximum Gasteiger partial charge on any atom is 0.0435 e. The zero-order valence-corrected chi connectivity index (χ0v) is 11.8. The van der Waals surface area contributed by atoms with E-state index in [1.165, 1.54) is 50.1 Å². The standard InChI is InChI=1S/C15H21ClN2/c1-12-8-13(2-3-14(12)16)9-18-7-5-15(11-18)4-6-17-10-15/h2-3,8,17H,4-7,9-11H2,1H3. The summed E-state index contributed by atoms with van der Waals surface area (Å²) >= 11 is 6.07. The van der Waals surface area contributed by atoms with Crippen LogP contribution in [0.5, 0.6) is 0 Å². The van der Waals surface area contributed by atoms with E-state index in [9.17, 15) is 0 Å². The number of benzene rings is 1. The summed E-state index contributed by atoms with van der Waals surface area (Å²) in [5.74, 6) is 0. The summed E-state index contributed by atoms with van der Waals surface area (Å²) < 4.78 is 0. The minimum Gasteiger partial charge on any atom is -0.316 e. The molecule has 1 aromatic rings. The molecule has 2 fully saturated rings. The summed E-state index contributed by atoms with van der Waals surface area (Å²) in [5.41, 5.74) is 3.15. The van der Waals surface area contributed by atoms with Gasteiger partial charge >= 0.3 is 0 Å². The van der Waals surface area contributed by atoms with Crippen LogP contribution in [0.3, 0.4) is 0 Å². The van der Waals surface area contributed by atoms with Crippen LogP contribution in [0.4, 0.5) is 0 Å². The predicted molar refractivity (Wildman–Crippen MR) is 76.0 cm³/mol. The molecular weight excluding hydrogens is 244 g/mol. The van der Waals surface area contributed by atoms with Crippen LogP contribution in [0.2, 0.25) is 5.02 Å². The van der Waals surface area contributed by atoms with Crippen LogP contribution >= 0.6 is 11.6 Å². The Kier molecular flexibility index (Phi) is 3.35. The summed E-state index contributed by atoms with van der Waals surface area (Å²) in [6.07, 6.45) is 2.70.